The number of hydrogen-bond acceptors (Lipinski definition) is 3. The van der Waals surface area contributed by atoms with Crippen molar-refractivity contribution >= 4 is 6.21 Å². The van der Waals surface area contributed by atoms with E-state index in [1.54, 1.807) is 0 Å². The molecule has 0 aliphatic carbocycles. The molecule has 1 atom stereocenters. The van der Waals surface area contributed by atoms with E-state index in [4.69, 9.17) is 15.9 Å². The first-order valence-electron chi connectivity index (χ1n) is 5.71. The maximum absolute atomic E-state index is 8.91. The molecule has 0 amide bonds. The van der Waals surface area contributed by atoms with Crippen molar-refractivity contribution in [2.75, 3.05) is 45.9 Å². The average Bonchev–Trinajstić information content (AvgIpc) is 2.35. The van der Waals surface area contributed by atoms with Gasteiger partial charge < -0.3 is 15.9 Å². The van der Waals surface area contributed by atoms with Gasteiger partial charge in [-0.2, -0.15) is 12.4 Å². The van der Waals surface area contributed by atoms with Crippen LogP contribution < -0.4 is 0 Å². The van der Waals surface area contributed by atoms with Crippen molar-refractivity contribution in [3.05, 3.63) is 22.9 Å². The number of piperazine rings is 1. The zero-order valence-corrected chi connectivity index (χ0v) is 12.8. The van der Waals surface area contributed by atoms with Gasteiger partial charge in [0.2, 0.25) is 0 Å². The van der Waals surface area contributed by atoms with Gasteiger partial charge in [-0.3, -0.25) is 9.80 Å². The Morgan fingerprint density at radius 2 is 2.24 bits per heavy atom. The third kappa shape index (κ3) is 4.10. The van der Waals surface area contributed by atoms with E-state index in [0.29, 0.717) is 18.2 Å². The molecule has 2 aliphatic heterocycles. The third-order valence-corrected chi connectivity index (χ3v) is 3.28. The summed E-state index contributed by atoms with van der Waals surface area (Å²) in [7, 11) is 0. The van der Waals surface area contributed by atoms with Crippen LogP contribution in [-0.4, -0.2) is 68.0 Å². The fourth-order valence-corrected chi connectivity index (χ4v) is 2.34. The monoisotopic (exact) mass is 311 g/mol. The Bertz CT molecular complexity index is 285. The van der Waals surface area contributed by atoms with E-state index in [2.05, 4.69) is 9.80 Å². The molecule has 1 unspecified atom stereocenters. The molecule has 1 radical (unpaired) electrons. The Morgan fingerprint density at radius 1 is 1.41 bits per heavy atom. The second-order valence-electron chi connectivity index (χ2n) is 4.35. The number of fused-ring (bicyclic) bond motifs is 1. The number of morpholine rings is 1. The Hall–Kier alpha value is 0.194. The molecule has 5 nitrogen and oxygen atoms in total. The topological polar surface area (TPSA) is 61.8 Å². The van der Waals surface area contributed by atoms with Gasteiger partial charge in [-0.15, -0.1) is 0 Å². The van der Waals surface area contributed by atoms with E-state index < -0.39 is 0 Å². The van der Waals surface area contributed by atoms with Gasteiger partial charge in [0.25, 0.3) is 0 Å². The summed E-state index contributed by atoms with van der Waals surface area (Å²) in [6.07, 6.45) is 2.24. The van der Waals surface area contributed by atoms with Crippen LogP contribution >= 0.6 is 0 Å². The Kier molecular flexibility index (Phi) is 6.81. The van der Waals surface area contributed by atoms with Gasteiger partial charge >= 0.3 is 0 Å². The number of hydrogen-bond donors (Lipinski definition) is 0. The predicted molar refractivity (Wildman–Crippen MR) is 64.4 cm³/mol. The van der Waals surface area contributed by atoms with E-state index >= 15 is 0 Å². The van der Waals surface area contributed by atoms with Gasteiger partial charge in [0, 0.05) is 71.5 Å². The fourth-order valence-electron chi connectivity index (χ4n) is 2.34. The van der Waals surface area contributed by atoms with Crippen LogP contribution in [0.25, 0.3) is 11.1 Å². The number of ether oxygens (including phenoxy) is 1. The molecule has 1 N–H and O–H groups in total. The van der Waals surface area contributed by atoms with Crippen molar-refractivity contribution in [1.29, 1.82) is 0 Å². The molecule has 0 aromatic carbocycles. The van der Waals surface area contributed by atoms with E-state index in [0.717, 1.165) is 45.6 Å². The number of nitrogens with one attached hydrogen (secondary N) is 1. The zero-order chi connectivity index (χ0) is 11.4. The number of rotatable bonds is 3. The van der Waals surface area contributed by atoms with Crippen LogP contribution in [-0.2, 0) is 37.4 Å². The summed E-state index contributed by atoms with van der Waals surface area (Å²) in [6.45, 7) is 6.37. The summed E-state index contributed by atoms with van der Waals surface area (Å²) in [5.41, 5.74) is 7.80. The maximum Gasteiger partial charge on any atom is 0.0634 e. The maximum atomic E-state index is 8.91. The molecular formula is C11H18N4OY-2. The molecule has 6 heteroatoms. The van der Waals surface area contributed by atoms with Crippen LogP contribution in [0.15, 0.2) is 11.8 Å². The van der Waals surface area contributed by atoms with Crippen molar-refractivity contribution in [2.45, 2.75) is 6.04 Å². The first kappa shape index (κ1) is 15.3. The van der Waals surface area contributed by atoms with Crippen LogP contribution in [0.2, 0.25) is 0 Å². The van der Waals surface area contributed by atoms with Gasteiger partial charge in [-0.25, -0.2) is 0 Å². The molecule has 0 saturated carbocycles. The standard InChI is InChI=1S/C11H18N4O.Y/c12-5-10(6-13)7-14-1-2-15-3-4-16-9-11(15)8-14;/h5-6,11-12H,1-4,7-9H2;/q-2;/b10-5+;. The minimum atomic E-state index is 0. The largest absolute Gasteiger partial charge is 0.810 e. The Labute approximate surface area is 128 Å². The second kappa shape index (κ2) is 7.59. The molecule has 2 aliphatic rings. The fraction of sp³-hybridized carbons (Fsp3) is 0.727. The molecule has 0 spiro atoms. The van der Waals surface area contributed by atoms with E-state index in [1.165, 1.54) is 6.20 Å². The molecule has 17 heavy (non-hydrogen) atoms. The molecular weight excluding hydrogens is 293 g/mol. The van der Waals surface area contributed by atoms with Gasteiger partial charge in [-0.1, -0.05) is 5.57 Å². The van der Waals surface area contributed by atoms with Crippen molar-refractivity contribution in [2.24, 2.45) is 0 Å². The first-order valence-corrected chi connectivity index (χ1v) is 5.71. The second-order valence-corrected chi connectivity index (χ2v) is 4.35. The normalized spacial score (nSPS) is 27.1. The summed E-state index contributed by atoms with van der Waals surface area (Å²) in [5, 5.41) is 8.91. The van der Waals surface area contributed by atoms with E-state index in [1.807, 2.05) is 0 Å². The van der Waals surface area contributed by atoms with E-state index in [-0.39, 0.29) is 32.7 Å². The van der Waals surface area contributed by atoms with Gasteiger partial charge in [-0.05, 0) is 0 Å². The molecule has 0 aromatic heterocycles. The van der Waals surface area contributed by atoms with Crippen LogP contribution in [0.1, 0.15) is 0 Å². The summed E-state index contributed by atoms with van der Waals surface area (Å²) < 4.78 is 5.47. The van der Waals surface area contributed by atoms with Crippen molar-refractivity contribution in [3.63, 3.8) is 0 Å². The molecule has 2 heterocycles. The first-order chi connectivity index (χ1) is 7.83. The van der Waals surface area contributed by atoms with E-state index in [9.17, 15) is 0 Å². The molecule has 0 aromatic rings. The van der Waals surface area contributed by atoms with Crippen LogP contribution in [0, 0.1) is 0 Å². The summed E-state index contributed by atoms with van der Waals surface area (Å²) in [4.78, 5) is 4.73. The smallest absolute Gasteiger partial charge is 0.0634 e. The Morgan fingerprint density at radius 3 is 2.94 bits per heavy atom. The quantitative estimate of drug-likeness (QED) is 0.716. The van der Waals surface area contributed by atoms with Crippen LogP contribution in [0.4, 0.5) is 0 Å². The van der Waals surface area contributed by atoms with Crippen molar-refractivity contribution < 1.29 is 37.4 Å². The molecule has 2 fully saturated rings. The summed E-state index contributed by atoms with van der Waals surface area (Å²) in [5.74, 6) is 0. The van der Waals surface area contributed by atoms with Crippen molar-refractivity contribution in [1.82, 2.24) is 9.80 Å². The zero-order valence-electron chi connectivity index (χ0n) is 10.0. The van der Waals surface area contributed by atoms with Crippen LogP contribution in [0.3, 0.4) is 0 Å². The predicted octanol–water partition coefficient (Wildman–Crippen LogP) is 0.577. The summed E-state index contributed by atoms with van der Waals surface area (Å²) >= 11 is 0. The number of nitrogens with zero attached hydrogens (tertiary/aromatic N) is 3. The van der Waals surface area contributed by atoms with Gasteiger partial charge in [0.1, 0.15) is 0 Å². The summed E-state index contributed by atoms with van der Waals surface area (Å²) in [6, 6.07) is 0.480. The van der Waals surface area contributed by atoms with Gasteiger partial charge in [0.15, 0.2) is 0 Å². The third-order valence-electron chi connectivity index (χ3n) is 3.28. The minimum Gasteiger partial charge on any atom is -0.810 e. The molecule has 2 saturated heterocycles. The van der Waals surface area contributed by atoms with Crippen molar-refractivity contribution in [3.8, 4) is 0 Å². The minimum absolute atomic E-state index is 0. The van der Waals surface area contributed by atoms with Crippen LogP contribution in [0.5, 0.6) is 0 Å². The van der Waals surface area contributed by atoms with Gasteiger partial charge in [0.05, 0.1) is 13.2 Å². The molecule has 0 bridgehead atoms. The molecule has 93 valence electrons. The Balaban J connectivity index is 0.00000144. The SMILES string of the molecule is [N-]=C/C(=C\[NH-])CN1CCN2CCOCC2C1.[Y]. The molecule has 2 rings (SSSR count). The average molecular weight is 311 g/mol.